The van der Waals surface area contributed by atoms with Crippen LogP contribution in [0.4, 0.5) is 5.82 Å². The number of carbonyl (C=O) groups is 1. The number of fused-ring (bicyclic) bond motifs is 1. The van der Waals surface area contributed by atoms with Crippen molar-refractivity contribution in [3.63, 3.8) is 0 Å². The Morgan fingerprint density at radius 3 is 2.74 bits per heavy atom. The molecule has 0 unspecified atom stereocenters. The Hall–Kier alpha value is -2.17. The van der Waals surface area contributed by atoms with E-state index in [0.717, 1.165) is 11.8 Å². The average molecular weight is 259 g/mol. The van der Waals surface area contributed by atoms with E-state index in [-0.39, 0.29) is 11.6 Å². The van der Waals surface area contributed by atoms with Crippen LogP contribution in [-0.2, 0) is 11.3 Å². The van der Waals surface area contributed by atoms with Crippen molar-refractivity contribution in [2.45, 2.75) is 33.2 Å². The molecule has 0 atom stereocenters. The minimum Gasteiger partial charge on any atom is -0.311 e. The van der Waals surface area contributed by atoms with Crippen molar-refractivity contribution in [3.8, 4) is 0 Å². The second-order valence-corrected chi connectivity index (χ2v) is 4.30. The molecule has 0 fully saturated rings. The van der Waals surface area contributed by atoms with E-state index in [1.54, 1.807) is 6.07 Å². The van der Waals surface area contributed by atoms with Crippen LogP contribution in [0, 0.1) is 0 Å². The number of benzene rings is 1. The van der Waals surface area contributed by atoms with Crippen LogP contribution in [0.15, 0.2) is 29.1 Å². The van der Waals surface area contributed by atoms with E-state index in [1.165, 1.54) is 4.57 Å². The van der Waals surface area contributed by atoms with Gasteiger partial charge in [-0.1, -0.05) is 19.1 Å². The molecule has 0 saturated carbocycles. The van der Waals surface area contributed by atoms with E-state index in [0.29, 0.717) is 24.3 Å². The van der Waals surface area contributed by atoms with Crippen LogP contribution >= 0.6 is 0 Å². The number of hydrogen-bond donors (Lipinski definition) is 1. The quantitative estimate of drug-likeness (QED) is 0.915. The lowest BCUT2D eigenvalue weighted by Gasteiger charge is -2.14. The molecule has 100 valence electrons. The van der Waals surface area contributed by atoms with Crippen LogP contribution in [0.25, 0.3) is 10.9 Å². The number of nitrogens with one attached hydrogen (secondary N) is 1. The molecule has 1 aromatic carbocycles. The molecular formula is C14H17N3O2. The van der Waals surface area contributed by atoms with Gasteiger partial charge >= 0.3 is 5.69 Å². The summed E-state index contributed by atoms with van der Waals surface area (Å²) >= 11 is 0. The van der Waals surface area contributed by atoms with Gasteiger partial charge in [0.15, 0.2) is 0 Å². The third-order valence-corrected chi connectivity index (χ3v) is 2.93. The van der Waals surface area contributed by atoms with Gasteiger partial charge in [-0.2, -0.15) is 4.98 Å². The lowest BCUT2D eigenvalue weighted by molar-refractivity contribution is -0.116. The topological polar surface area (TPSA) is 64.0 Å². The monoisotopic (exact) mass is 259 g/mol. The van der Waals surface area contributed by atoms with Crippen LogP contribution in [-0.4, -0.2) is 15.5 Å². The van der Waals surface area contributed by atoms with Crippen molar-refractivity contribution in [2.75, 3.05) is 5.32 Å². The Labute approximate surface area is 111 Å². The van der Waals surface area contributed by atoms with Gasteiger partial charge in [0.05, 0.1) is 5.52 Å². The number of rotatable bonds is 4. The summed E-state index contributed by atoms with van der Waals surface area (Å²) in [5.74, 6) is 0.456. The largest absolute Gasteiger partial charge is 0.349 e. The highest BCUT2D eigenvalue weighted by molar-refractivity contribution is 5.99. The van der Waals surface area contributed by atoms with Gasteiger partial charge in [-0.15, -0.1) is 0 Å². The van der Waals surface area contributed by atoms with Crippen LogP contribution in [0.2, 0.25) is 0 Å². The fourth-order valence-electron chi connectivity index (χ4n) is 2.03. The van der Waals surface area contributed by atoms with Crippen molar-refractivity contribution in [3.05, 3.63) is 34.7 Å². The van der Waals surface area contributed by atoms with E-state index in [1.807, 2.05) is 32.0 Å². The zero-order valence-corrected chi connectivity index (χ0v) is 11.1. The molecule has 0 bridgehead atoms. The standard InChI is InChI=1S/C14H17N3O2/c1-3-7-12(18)16-13-10-8-5-6-9-11(10)15-14(19)17(13)4-2/h5-6,8-9H,3-4,7H2,1-2H3,(H,16,18). The number of anilines is 1. The number of aromatic nitrogens is 2. The van der Waals surface area contributed by atoms with Gasteiger partial charge < -0.3 is 5.32 Å². The van der Waals surface area contributed by atoms with E-state index < -0.39 is 0 Å². The molecule has 0 radical (unpaired) electrons. The normalized spacial score (nSPS) is 10.6. The summed E-state index contributed by atoms with van der Waals surface area (Å²) in [4.78, 5) is 27.7. The Bertz CT molecular complexity index is 661. The van der Waals surface area contributed by atoms with Crippen molar-refractivity contribution < 1.29 is 4.79 Å². The summed E-state index contributed by atoms with van der Waals surface area (Å²) in [5, 5.41) is 3.62. The number of carbonyl (C=O) groups excluding carboxylic acids is 1. The van der Waals surface area contributed by atoms with Gasteiger partial charge in [-0.25, -0.2) is 4.79 Å². The first-order valence-electron chi connectivity index (χ1n) is 6.46. The number of hydrogen-bond acceptors (Lipinski definition) is 3. The molecule has 0 aliphatic carbocycles. The molecule has 0 aliphatic rings. The van der Waals surface area contributed by atoms with Crippen LogP contribution in [0.1, 0.15) is 26.7 Å². The lowest BCUT2D eigenvalue weighted by atomic mass is 10.2. The molecule has 5 nitrogen and oxygen atoms in total. The molecule has 0 aliphatic heterocycles. The van der Waals surface area contributed by atoms with E-state index >= 15 is 0 Å². The predicted molar refractivity (Wildman–Crippen MR) is 75.2 cm³/mol. The maximum atomic E-state index is 11.9. The van der Waals surface area contributed by atoms with Crippen molar-refractivity contribution in [2.24, 2.45) is 0 Å². The van der Waals surface area contributed by atoms with Crippen molar-refractivity contribution >= 4 is 22.6 Å². The smallest absolute Gasteiger partial charge is 0.311 e. The summed E-state index contributed by atoms with van der Waals surface area (Å²) < 4.78 is 1.48. The van der Waals surface area contributed by atoms with Gasteiger partial charge in [0.1, 0.15) is 5.82 Å². The van der Waals surface area contributed by atoms with Gasteiger partial charge in [-0.3, -0.25) is 9.36 Å². The lowest BCUT2D eigenvalue weighted by Crippen LogP contribution is -2.27. The van der Waals surface area contributed by atoms with E-state index in [4.69, 9.17) is 0 Å². The predicted octanol–water partition coefficient (Wildman–Crippen LogP) is 2.16. The van der Waals surface area contributed by atoms with Gasteiger partial charge in [0.25, 0.3) is 0 Å². The van der Waals surface area contributed by atoms with Crippen LogP contribution in [0.3, 0.4) is 0 Å². The van der Waals surface area contributed by atoms with E-state index in [9.17, 15) is 9.59 Å². The number of nitrogens with zero attached hydrogens (tertiary/aromatic N) is 2. The fourth-order valence-corrected chi connectivity index (χ4v) is 2.03. The first-order valence-corrected chi connectivity index (χ1v) is 6.46. The minimum atomic E-state index is -0.340. The maximum absolute atomic E-state index is 11.9. The summed E-state index contributed by atoms with van der Waals surface area (Å²) in [6.07, 6.45) is 1.21. The first kappa shape index (κ1) is 13.3. The molecule has 0 spiro atoms. The molecule has 19 heavy (non-hydrogen) atoms. The van der Waals surface area contributed by atoms with E-state index in [2.05, 4.69) is 10.3 Å². The molecule has 1 heterocycles. The van der Waals surface area contributed by atoms with Gasteiger partial charge in [-0.05, 0) is 25.5 Å². The maximum Gasteiger partial charge on any atom is 0.349 e. The average Bonchev–Trinajstić information content (AvgIpc) is 2.39. The zero-order chi connectivity index (χ0) is 13.8. The zero-order valence-electron chi connectivity index (χ0n) is 11.1. The molecule has 2 aromatic rings. The van der Waals surface area contributed by atoms with Crippen molar-refractivity contribution in [1.82, 2.24) is 9.55 Å². The number of amides is 1. The molecule has 5 heteroatoms. The Balaban J connectivity index is 2.60. The van der Waals surface area contributed by atoms with Gasteiger partial charge in [0, 0.05) is 18.4 Å². The second kappa shape index (κ2) is 5.65. The molecule has 1 aromatic heterocycles. The number of para-hydroxylation sites is 1. The fraction of sp³-hybridized carbons (Fsp3) is 0.357. The Kier molecular flexibility index (Phi) is 3.94. The highest BCUT2D eigenvalue weighted by atomic mass is 16.2. The molecule has 1 N–H and O–H groups in total. The minimum absolute atomic E-state index is 0.0829. The molecule has 1 amide bonds. The summed E-state index contributed by atoms with van der Waals surface area (Å²) in [6, 6.07) is 7.31. The van der Waals surface area contributed by atoms with Crippen LogP contribution < -0.4 is 11.0 Å². The van der Waals surface area contributed by atoms with Crippen LogP contribution in [0.5, 0.6) is 0 Å². The second-order valence-electron chi connectivity index (χ2n) is 4.30. The first-order chi connectivity index (χ1) is 9.17. The highest BCUT2D eigenvalue weighted by Gasteiger charge is 2.12. The summed E-state index contributed by atoms with van der Waals surface area (Å²) in [5.41, 5.74) is 0.261. The van der Waals surface area contributed by atoms with Crippen molar-refractivity contribution in [1.29, 1.82) is 0 Å². The SMILES string of the molecule is CCCC(=O)Nc1c2ccccc2nc(=O)n1CC. The Morgan fingerprint density at radius 1 is 1.32 bits per heavy atom. The molecule has 2 rings (SSSR count). The Morgan fingerprint density at radius 2 is 2.05 bits per heavy atom. The molecule has 0 saturated heterocycles. The third kappa shape index (κ3) is 2.65. The third-order valence-electron chi connectivity index (χ3n) is 2.93. The molecular weight excluding hydrogens is 242 g/mol. The summed E-state index contributed by atoms with van der Waals surface area (Å²) in [7, 11) is 0. The highest BCUT2D eigenvalue weighted by Crippen LogP contribution is 2.20. The summed E-state index contributed by atoms with van der Waals surface area (Å²) in [6.45, 7) is 4.27. The van der Waals surface area contributed by atoms with Gasteiger partial charge in [0.2, 0.25) is 5.91 Å².